The Morgan fingerprint density at radius 3 is 2.74 bits per heavy atom. The highest BCUT2D eigenvalue weighted by Crippen LogP contribution is 2.34. The highest BCUT2D eigenvalue weighted by molar-refractivity contribution is 6.13. The number of carbonyl (C=O) groups excluding carboxylic acids is 2. The fourth-order valence-electron chi connectivity index (χ4n) is 4.28. The second-order valence-electron chi connectivity index (χ2n) is 8.77. The van der Waals surface area contributed by atoms with Crippen molar-refractivity contribution >= 4 is 47.3 Å². The molecule has 0 spiro atoms. The molecule has 3 aromatic rings. The summed E-state index contributed by atoms with van der Waals surface area (Å²) in [6.07, 6.45) is -0.859. The van der Waals surface area contributed by atoms with Gasteiger partial charge in [-0.3, -0.25) is 9.48 Å². The molecule has 206 valence electrons. The zero-order chi connectivity index (χ0) is 26.7. The topological polar surface area (TPSA) is 101 Å². The number of benzene rings is 1. The molecule has 1 atom stereocenters. The monoisotopic (exact) mass is 558 g/mol. The first-order valence-electron chi connectivity index (χ1n) is 11.7. The van der Waals surface area contributed by atoms with Crippen LogP contribution >= 0.6 is 12.4 Å². The minimum absolute atomic E-state index is 0. The number of halogens is 5. The Morgan fingerprint density at radius 1 is 1.32 bits per heavy atom. The third-order valence-electron chi connectivity index (χ3n) is 6.17. The summed E-state index contributed by atoms with van der Waals surface area (Å²) in [5, 5.41) is 10.5. The molecule has 1 unspecified atom stereocenters. The van der Waals surface area contributed by atoms with Gasteiger partial charge in [0.25, 0.3) is 0 Å². The van der Waals surface area contributed by atoms with Crippen LogP contribution in [0.1, 0.15) is 36.9 Å². The van der Waals surface area contributed by atoms with Crippen LogP contribution in [-0.4, -0.2) is 46.4 Å². The maximum atomic E-state index is 13.7. The summed E-state index contributed by atoms with van der Waals surface area (Å²) in [4.78, 5) is 30.1. The number of aromatic nitrogens is 3. The SMILES string of the molecule is Cc1nn(C)c2nc(OCCC3CCCCN3)c(N(C=O)C(=O)Nc3ccc(F)c(C(F)(F)F)c3)cc12.Cl. The largest absolute Gasteiger partial charge is 0.476 e. The van der Waals surface area contributed by atoms with E-state index in [9.17, 15) is 27.2 Å². The van der Waals surface area contributed by atoms with Crippen molar-refractivity contribution in [2.45, 2.75) is 44.8 Å². The van der Waals surface area contributed by atoms with Crippen LogP contribution in [0.4, 0.5) is 33.7 Å². The number of hydrogen-bond donors (Lipinski definition) is 2. The van der Waals surface area contributed by atoms with Crippen LogP contribution in [0.15, 0.2) is 24.3 Å². The molecule has 3 heterocycles. The van der Waals surface area contributed by atoms with E-state index in [0.717, 1.165) is 31.9 Å². The number of carbonyl (C=O) groups is 2. The number of rotatable bonds is 7. The Kier molecular flexibility index (Phi) is 9.15. The van der Waals surface area contributed by atoms with Gasteiger partial charge in [-0.1, -0.05) is 6.42 Å². The molecule has 3 amide bonds. The van der Waals surface area contributed by atoms with Crippen LogP contribution in [-0.2, 0) is 18.0 Å². The van der Waals surface area contributed by atoms with Crippen molar-refractivity contribution in [3.63, 3.8) is 0 Å². The Morgan fingerprint density at radius 2 is 2.08 bits per heavy atom. The van der Waals surface area contributed by atoms with Crippen molar-refractivity contribution < 1.29 is 31.9 Å². The third-order valence-corrected chi connectivity index (χ3v) is 6.17. The molecule has 0 radical (unpaired) electrons. The van der Waals surface area contributed by atoms with Crippen molar-refractivity contribution in [3.8, 4) is 5.88 Å². The molecule has 1 saturated heterocycles. The number of aryl methyl sites for hydroxylation is 2. The molecule has 2 N–H and O–H groups in total. The maximum Gasteiger partial charge on any atom is 0.419 e. The minimum atomic E-state index is -4.96. The number of alkyl halides is 3. The Balaban J connectivity index is 0.00000400. The summed E-state index contributed by atoms with van der Waals surface area (Å²) in [5.74, 6) is -1.49. The molecule has 2 aromatic heterocycles. The molecule has 1 aliphatic rings. The number of nitrogens with one attached hydrogen (secondary N) is 2. The zero-order valence-corrected chi connectivity index (χ0v) is 21.5. The van der Waals surface area contributed by atoms with E-state index < -0.39 is 23.6 Å². The second-order valence-corrected chi connectivity index (χ2v) is 8.77. The predicted molar refractivity (Wildman–Crippen MR) is 135 cm³/mol. The van der Waals surface area contributed by atoms with Gasteiger partial charge in [0, 0.05) is 24.2 Å². The molecule has 1 fully saturated rings. The minimum Gasteiger partial charge on any atom is -0.476 e. The van der Waals surface area contributed by atoms with E-state index in [4.69, 9.17) is 4.74 Å². The highest BCUT2D eigenvalue weighted by Gasteiger charge is 2.34. The van der Waals surface area contributed by atoms with Crippen LogP contribution in [0.5, 0.6) is 5.88 Å². The first-order chi connectivity index (χ1) is 17.6. The molecule has 38 heavy (non-hydrogen) atoms. The van der Waals surface area contributed by atoms with Crippen molar-refractivity contribution in [2.75, 3.05) is 23.4 Å². The van der Waals surface area contributed by atoms with Gasteiger partial charge in [-0.2, -0.15) is 23.3 Å². The van der Waals surface area contributed by atoms with Crippen LogP contribution in [0.25, 0.3) is 11.0 Å². The summed E-state index contributed by atoms with van der Waals surface area (Å²) in [6, 6.07) is 2.72. The molecule has 14 heteroatoms. The summed E-state index contributed by atoms with van der Waals surface area (Å²) >= 11 is 0. The number of urea groups is 1. The fourth-order valence-corrected chi connectivity index (χ4v) is 4.28. The number of pyridine rings is 1. The average Bonchev–Trinajstić information content (AvgIpc) is 3.13. The van der Waals surface area contributed by atoms with E-state index in [1.54, 1.807) is 14.0 Å². The molecule has 4 rings (SSSR count). The number of amides is 3. The Hall–Kier alpha value is -3.45. The number of ether oxygens (including phenoxy) is 1. The average molecular weight is 559 g/mol. The molecule has 0 bridgehead atoms. The molecule has 0 saturated carbocycles. The van der Waals surface area contributed by atoms with Crippen molar-refractivity contribution in [2.24, 2.45) is 7.05 Å². The molecule has 1 aromatic carbocycles. The van der Waals surface area contributed by atoms with Gasteiger partial charge < -0.3 is 15.4 Å². The predicted octanol–water partition coefficient (Wildman–Crippen LogP) is 4.96. The van der Waals surface area contributed by atoms with Gasteiger partial charge in [-0.05, 0) is 57.0 Å². The van der Waals surface area contributed by atoms with E-state index in [2.05, 4.69) is 20.7 Å². The van der Waals surface area contributed by atoms with E-state index in [1.807, 2.05) is 0 Å². The first kappa shape index (κ1) is 29.1. The summed E-state index contributed by atoms with van der Waals surface area (Å²) in [7, 11) is 1.69. The van der Waals surface area contributed by atoms with Gasteiger partial charge in [0.1, 0.15) is 11.5 Å². The summed E-state index contributed by atoms with van der Waals surface area (Å²) in [5.41, 5.74) is -0.846. The van der Waals surface area contributed by atoms with Crippen LogP contribution in [0, 0.1) is 12.7 Å². The van der Waals surface area contributed by atoms with Gasteiger partial charge in [0.15, 0.2) is 5.65 Å². The quantitative estimate of drug-likeness (QED) is 0.314. The second kappa shape index (κ2) is 11.9. The maximum absolute atomic E-state index is 13.7. The fraction of sp³-hybridized carbons (Fsp3) is 0.417. The van der Waals surface area contributed by atoms with Crippen LogP contribution in [0.3, 0.4) is 0 Å². The molecule has 9 nitrogen and oxygen atoms in total. The zero-order valence-electron chi connectivity index (χ0n) is 20.6. The highest BCUT2D eigenvalue weighted by atomic mass is 35.5. The van der Waals surface area contributed by atoms with Crippen molar-refractivity contribution in [1.29, 1.82) is 0 Å². The van der Waals surface area contributed by atoms with Crippen LogP contribution in [0.2, 0.25) is 0 Å². The van der Waals surface area contributed by atoms with Crippen molar-refractivity contribution in [1.82, 2.24) is 20.1 Å². The van der Waals surface area contributed by atoms with Gasteiger partial charge in [-0.15, -0.1) is 12.4 Å². The number of piperidine rings is 1. The normalized spacial score (nSPS) is 15.6. The Labute approximate surface area is 221 Å². The van der Waals surface area contributed by atoms with E-state index >= 15 is 0 Å². The molecular formula is C24H27ClF4N6O3. The van der Waals surface area contributed by atoms with Crippen LogP contribution < -0.4 is 20.3 Å². The third kappa shape index (κ3) is 6.33. The lowest BCUT2D eigenvalue weighted by Gasteiger charge is -2.24. The summed E-state index contributed by atoms with van der Waals surface area (Å²) < 4.78 is 60.4. The molecular weight excluding hydrogens is 532 g/mol. The van der Waals surface area contributed by atoms with E-state index in [-0.39, 0.29) is 48.7 Å². The lowest BCUT2D eigenvalue weighted by molar-refractivity contribution is -0.139. The van der Waals surface area contributed by atoms with E-state index in [1.165, 1.54) is 10.7 Å². The lowest BCUT2D eigenvalue weighted by atomic mass is 10.0. The van der Waals surface area contributed by atoms with Gasteiger partial charge >= 0.3 is 12.2 Å². The Bertz CT molecular complexity index is 1310. The summed E-state index contributed by atoms with van der Waals surface area (Å²) in [6.45, 7) is 2.90. The first-order valence-corrected chi connectivity index (χ1v) is 11.7. The lowest BCUT2D eigenvalue weighted by Crippen LogP contribution is -2.35. The molecule has 0 aliphatic carbocycles. The van der Waals surface area contributed by atoms with Crippen molar-refractivity contribution in [3.05, 3.63) is 41.3 Å². The van der Waals surface area contributed by atoms with Gasteiger partial charge in [0.05, 0.1) is 17.9 Å². The van der Waals surface area contributed by atoms with E-state index in [0.29, 0.717) is 40.2 Å². The molecule has 1 aliphatic heterocycles. The number of nitrogens with zero attached hydrogens (tertiary/aromatic N) is 4. The van der Waals surface area contributed by atoms with Gasteiger partial charge in [-0.25, -0.2) is 14.1 Å². The number of fused-ring (bicyclic) bond motifs is 1. The number of imide groups is 1. The number of hydrogen-bond acceptors (Lipinski definition) is 6. The number of anilines is 2. The smallest absolute Gasteiger partial charge is 0.419 e. The standard InChI is InChI=1S/C24H26F4N6O3.ClH/c1-14-17-12-20(22(31-21(17)33(2)32-14)37-10-8-15-5-3-4-9-29-15)34(13-35)23(36)30-16-6-7-19(25)18(11-16)24(26,27)28;/h6-7,11-13,15,29H,3-5,8-10H2,1-2H3,(H,30,36);1H. The van der Waals surface area contributed by atoms with Gasteiger partial charge in [0.2, 0.25) is 12.3 Å².